The van der Waals surface area contributed by atoms with Gasteiger partial charge in [0.15, 0.2) is 18.1 Å². The van der Waals surface area contributed by atoms with Crippen LogP contribution in [-0.2, 0) is 9.59 Å². The lowest BCUT2D eigenvalue weighted by Crippen LogP contribution is -2.47. The van der Waals surface area contributed by atoms with Gasteiger partial charge in [-0.25, -0.2) is 0 Å². The van der Waals surface area contributed by atoms with Crippen LogP contribution in [0.2, 0.25) is 0 Å². The molecular formula is C24H30N2O5. The number of carbonyl (C=O) groups excluding carboxylic acids is 2. The first-order valence-corrected chi connectivity index (χ1v) is 10.7. The van der Waals surface area contributed by atoms with Crippen LogP contribution in [0.4, 0.5) is 0 Å². The summed E-state index contributed by atoms with van der Waals surface area (Å²) in [6.45, 7) is 1.75. The molecule has 1 heterocycles. The number of ether oxygens (including phenoxy) is 3. The zero-order valence-corrected chi connectivity index (χ0v) is 17.9. The zero-order valence-electron chi connectivity index (χ0n) is 17.9. The van der Waals surface area contributed by atoms with Crippen molar-refractivity contribution in [2.45, 2.75) is 31.7 Å². The molecule has 0 atom stereocenters. The van der Waals surface area contributed by atoms with E-state index in [0.29, 0.717) is 44.0 Å². The summed E-state index contributed by atoms with van der Waals surface area (Å²) in [5, 5.41) is 2.99. The summed E-state index contributed by atoms with van der Waals surface area (Å²) in [6, 6.07) is 16.9. The highest BCUT2D eigenvalue weighted by molar-refractivity contribution is 5.78. The average molecular weight is 427 g/mol. The summed E-state index contributed by atoms with van der Waals surface area (Å²) in [6.07, 6.45) is 2.64. The van der Waals surface area contributed by atoms with Gasteiger partial charge in [-0.2, -0.15) is 0 Å². The molecule has 0 bridgehead atoms. The lowest BCUT2D eigenvalue weighted by molar-refractivity contribution is -0.132. The van der Waals surface area contributed by atoms with E-state index in [9.17, 15) is 9.59 Å². The van der Waals surface area contributed by atoms with Crippen molar-refractivity contribution in [3.8, 4) is 17.2 Å². The second kappa shape index (κ2) is 11.8. The summed E-state index contributed by atoms with van der Waals surface area (Å²) in [7, 11) is 1.56. The van der Waals surface area contributed by atoms with E-state index < -0.39 is 0 Å². The predicted octanol–water partition coefficient (Wildman–Crippen LogP) is 3.04. The molecule has 2 amide bonds. The number of methoxy groups -OCH3 is 1. The quantitative estimate of drug-likeness (QED) is 0.591. The van der Waals surface area contributed by atoms with Gasteiger partial charge in [0.2, 0.25) is 5.91 Å². The van der Waals surface area contributed by atoms with Gasteiger partial charge in [-0.05, 0) is 43.5 Å². The van der Waals surface area contributed by atoms with Gasteiger partial charge in [-0.1, -0.05) is 30.3 Å². The van der Waals surface area contributed by atoms with E-state index in [-0.39, 0.29) is 24.5 Å². The van der Waals surface area contributed by atoms with E-state index in [1.807, 2.05) is 47.4 Å². The molecule has 1 N–H and O–H groups in total. The molecule has 0 aromatic heterocycles. The fourth-order valence-corrected chi connectivity index (χ4v) is 3.51. The monoisotopic (exact) mass is 426 g/mol. The highest BCUT2D eigenvalue weighted by Gasteiger charge is 2.23. The first kappa shape index (κ1) is 22.5. The molecule has 7 nitrogen and oxygen atoms in total. The number of likely N-dealkylation sites (tertiary alicyclic amines) is 1. The van der Waals surface area contributed by atoms with Gasteiger partial charge in [0, 0.05) is 25.6 Å². The van der Waals surface area contributed by atoms with Crippen molar-refractivity contribution in [1.82, 2.24) is 10.2 Å². The smallest absolute Gasteiger partial charge is 0.258 e. The average Bonchev–Trinajstić information content (AvgIpc) is 2.81. The van der Waals surface area contributed by atoms with Crippen LogP contribution >= 0.6 is 0 Å². The Bertz CT molecular complexity index is 835. The normalized spacial score (nSPS) is 14.0. The number of hydrogen-bond donors (Lipinski definition) is 1. The van der Waals surface area contributed by atoms with E-state index in [2.05, 4.69) is 5.32 Å². The van der Waals surface area contributed by atoms with Gasteiger partial charge in [-0.15, -0.1) is 0 Å². The zero-order chi connectivity index (χ0) is 21.9. The molecule has 1 aliphatic rings. The molecule has 7 heteroatoms. The summed E-state index contributed by atoms with van der Waals surface area (Å²) >= 11 is 0. The van der Waals surface area contributed by atoms with E-state index in [4.69, 9.17) is 14.2 Å². The van der Waals surface area contributed by atoms with Crippen molar-refractivity contribution in [3.63, 3.8) is 0 Å². The number of amides is 2. The van der Waals surface area contributed by atoms with E-state index in [0.717, 1.165) is 18.6 Å². The molecule has 0 spiro atoms. The fourth-order valence-electron chi connectivity index (χ4n) is 3.51. The van der Waals surface area contributed by atoms with Crippen molar-refractivity contribution in [1.29, 1.82) is 0 Å². The molecular weight excluding hydrogens is 396 g/mol. The number of benzene rings is 2. The summed E-state index contributed by atoms with van der Waals surface area (Å²) in [5.74, 6) is 1.92. The Kier molecular flexibility index (Phi) is 8.58. The predicted molar refractivity (Wildman–Crippen MR) is 117 cm³/mol. The van der Waals surface area contributed by atoms with Gasteiger partial charge < -0.3 is 24.4 Å². The third-order valence-corrected chi connectivity index (χ3v) is 5.19. The molecule has 0 radical (unpaired) electrons. The second-order valence-corrected chi connectivity index (χ2v) is 7.43. The van der Waals surface area contributed by atoms with Crippen molar-refractivity contribution in [2.24, 2.45) is 0 Å². The molecule has 0 saturated carbocycles. The van der Waals surface area contributed by atoms with Crippen molar-refractivity contribution in [3.05, 3.63) is 54.6 Å². The number of hydrogen-bond acceptors (Lipinski definition) is 5. The van der Waals surface area contributed by atoms with E-state index >= 15 is 0 Å². The minimum absolute atomic E-state index is 0.0548. The minimum Gasteiger partial charge on any atom is -0.494 e. The Morgan fingerprint density at radius 3 is 2.35 bits per heavy atom. The number of rotatable bonds is 10. The number of carbonyl (C=O) groups is 2. The molecule has 1 aliphatic heterocycles. The Hall–Kier alpha value is -3.22. The van der Waals surface area contributed by atoms with Crippen LogP contribution in [0.3, 0.4) is 0 Å². The molecule has 0 aliphatic carbocycles. The maximum atomic E-state index is 12.4. The Morgan fingerprint density at radius 2 is 1.65 bits per heavy atom. The molecule has 166 valence electrons. The SMILES string of the molecule is COc1ccccc1OCC(=O)NC1CCN(C(=O)CCCOc2ccccc2)CC1. The third kappa shape index (κ3) is 7.20. The molecule has 31 heavy (non-hydrogen) atoms. The van der Waals surface area contributed by atoms with Crippen LogP contribution in [-0.4, -0.2) is 56.2 Å². The van der Waals surface area contributed by atoms with Crippen LogP contribution in [0, 0.1) is 0 Å². The third-order valence-electron chi connectivity index (χ3n) is 5.19. The van der Waals surface area contributed by atoms with Gasteiger partial charge in [-0.3, -0.25) is 9.59 Å². The summed E-state index contributed by atoms with van der Waals surface area (Å²) in [4.78, 5) is 26.5. The highest BCUT2D eigenvalue weighted by Crippen LogP contribution is 2.25. The van der Waals surface area contributed by atoms with Crippen LogP contribution in [0.5, 0.6) is 17.2 Å². The van der Waals surface area contributed by atoms with Gasteiger partial charge in [0.05, 0.1) is 13.7 Å². The summed E-state index contributed by atoms with van der Waals surface area (Å²) in [5.41, 5.74) is 0. The van der Waals surface area contributed by atoms with Gasteiger partial charge in [0.1, 0.15) is 5.75 Å². The topological polar surface area (TPSA) is 77.1 Å². The largest absolute Gasteiger partial charge is 0.494 e. The Labute approximate surface area is 183 Å². The Morgan fingerprint density at radius 1 is 0.968 bits per heavy atom. The van der Waals surface area contributed by atoms with Crippen molar-refractivity contribution >= 4 is 11.8 Å². The Balaban J connectivity index is 1.30. The van der Waals surface area contributed by atoms with E-state index in [1.165, 1.54) is 0 Å². The minimum atomic E-state index is -0.172. The molecule has 2 aromatic carbocycles. The van der Waals surface area contributed by atoms with Gasteiger partial charge >= 0.3 is 0 Å². The number of nitrogens with one attached hydrogen (secondary N) is 1. The van der Waals surface area contributed by atoms with Crippen LogP contribution in [0.1, 0.15) is 25.7 Å². The fraction of sp³-hybridized carbons (Fsp3) is 0.417. The maximum Gasteiger partial charge on any atom is 0.258 e. The first-order chi connectivity index (χ1) is 15.2. The van der Waals surface area contributed by atoms with Crippen molar-refractivity contribution in [2.75, 3.05) is 33.4 Å². The molecule has 2 aromatic rings. The van der Waals surface area contributed by atoms with Crippen molar-refractivity contribution < 1.29 is 23.8 Å². The summed E-state index contributed by atoms with van der Waals surface area (Å²) < 4.78 is 16.4. The maximum absolute atomic E-state index is 12.4. The van der Waals surface area contributed by atoms with E-state index in [1.54, 1.807) is 19.2 Å². The molecule has 3 rings (SSSR count). The number of piperidine rings is 1. The lowest BCUT2D eigenvalue weighted by Gasteiger charge is -2.32. The molecule has 1 saturated heterocycles. The van der Waals surface area contributed by atoms with Gasteiger partial charge in [0.25, 0.3) is 5.91 Å². The van der Waals surface area contributed by atoms with Crippen LogP contribution in [0.15, 0.2) is 54.6 Å². The number of para-hydroxylation sites is 3. The first-order valence-electron chi connectivity index (χ1n) is 10.7. The van der Waals surface area contributed by atoms with Crippen LogP contribution in [0.25, 0.3) is 0 Å². The molecule has 1 fully saturated rings. The standard InChI is InChI=1S/C24H30N2O5/c1-29-21-10-5-6-11-22(21)31-18-23(27)25-19-13-15-26(16-14-19)24(28)12-7-17-30-20-8-3-2-4-9-20/h2-6,8-11,19H,7,12-18H2,1H3,(H,25,27). The lowest BCUT2D eigenvalue weighted by atomic mass is 10.0. The second-order valence-electron chi connectivity index (χ2n) is 7.43. The highest BCUT2D eigenvalue weighted by atomic mass is 16.5. The number of nitrogens with zero attached hydrogens (tertiary/aromatic N) is 1. The molecule has 0 unspecified atom stereocenters. The van der Waals surface area contributed by atoms with Crippen LogP contribution < -0.4 is 19.5 Å².